The Hall–Kier alpha value is -3.14. The molecule has 0 spiro atoms. The molecule has 0 unspecified atom stereocenters. The van der Waals surface area contributed by atoms with E-state index in [1.165, 1.54) is 0 Å². The number of hydrogen-bond donors (Lipinski definition) is 1. The molecule has 28 heavy (non-hydrogen) atoms. The van der Waals surface area contributed by atoms with Crippen molar-refractivity contribution in [3.05, 3.63) is 71.8 Å². The highest BCUT2D eigenvalue weighted by Crippen LogP contribution is 2.36. The lowest BCUT2D eigenvalue weighted by molar-refractivity contribution is -0.119. The van der Waals surface area contributed by atoms with Crippen molar-refractivity contribution >= 4 is 34.0 Å². The normalized spacial score (nSPS) is 15.9. The third-order valence-corrected chi connectivity index (χ3v) is 5.68. The van der Waals surface area contributed by atoms with E-state index in [1.807, 2.05) is 65.6 Å². The molecule has 1 fully saturated rings. The van der Waals surface area contributed by atoms with E-state index in [0.717, 1.165) is 59.9 Å². The van der Waals surface area contributed by atoms with Gasteiger partial charge in [-0.3, -0.25) is 9.59 Å². The molecule has 2 aliphatic rings. The van der Waals surface area contributed by atoms with Crippen molar-refractivity contribution in [3.8, 4) is 0 Å². The molecule has 0 radical (unpaired) electrons. The predicted molar refractivity (Wildman–Crippen MR) is 112 cm³/mol. The lowest BCUT2D eigenvalue weighted by Crippen LogP contribution is -2.36. The van der Waals surface area contributed by atoms with E-state index in [4.69, 9.17) is 0 Å². The fourth-order valence-electron chi connectivity index (χ4n) is 4.08. The zero-order valence-electron chi connectivity index (χ0n) is 15.7. The number of benzene rings is 3. The molecule has 0 atom stereocenters. The summed E-state index contributed by atoms with van der Waals surface area (Å²) in [5.41, 5.74) is 3.58. The molecule has 1 N–H and O–H groups in total. The third kappa shape index (κ3) is 3.05. The molecule has 4 heteroatoms. The summed E-state index contributed by atoms with van der Waals surface area (Å²) in [6.45, 7) is 0.796. The Balaban J connectivity index is 1.41. The van der Waals surface area contributed by atoms with Crippen LogP contribution >= 0.6 is 0 Å². The molecule has 2 amide bonds. The van der Waals surface area contributed by atoms with Crippen LogP contribution < -0.4 is 10.2 Å². The largest absolute Gasteiger partial charge is 0.322 e. The van der Waals surface area contributed by atoms with Gasteiger partial charge in [0, 0.05) is 29.4 Å². The average Bonchev–Trinajstić information content (AvgIpc) is 3.57. The van der Waals surface area contributed by atoms with Crippen LogP contribution in [0.25, 0.3) is 10.8 Å². The van der Waals surface area contributed by atoms with Crippen LogP contribution in [0, 0.1) is 5.92 Å². The van der Waals surface area contributed by atoms with Crippen LogP contribution in [0.2, 0.25) is 0 Å². The van der Waals surface area contributed by atoms with E-state index in [1.54, 1.807) is 0 Å². The molecule has 4 nitrogen and oxygen atoms in total. The number of nitrogens with zero attached hydrogens (tertiary/aromatic N) is 1. The summed E-state index contributed by atoms with van der Waals surface area (Å²) < 4.78 is 0. The third-order valence-electron chi connectivity index (χ3n) is 5.68. The second kappa shape index (κ2) is 6.79. The Bertz CT molecular complexity index is 1080. The van der Waals surface area contributed by atoms with E-state index in [2.05, 4.69) is 5.32 Å². The Morgan fingerprint density at radius 3 is 2.64 bits per heavy atom. The van der Waals surface area contributed by atoms with E-state index in [-0.39, 0.29) is 17.7 Å². The summed E-state index contributed by atoms with van der Waals surface area (Å²) in [6.07, 6.45) is 3.93. The standard InChI is InChI=1S/C24H22N2O2/c27-23(21-9-3-6-16-5-1-2-8-20(16)21)25-19-12-13-22-18(15-19)7-4-14-26(22)24(28)17-10-11-17/h1-3,5-6,8-9,12-13,15,17H,4,7,10-11,14H2,(H,25,27). The van der Waals surface area contributed by atoms with Crippen molar-refractivity contribution in [1.82, 2.24) is 0 Å². The van der Waals surface area contributed by atoms with Gasteiger partial charge in [0.2, 0.25) is 5.91 Å². The van der Waals surface area contributed by atoms with E-state index in [9.17, 15) is 9.59 Å². The quantitative estimate of drug-likeness (QED) is 0.721. The Kier molecular flexibility index (Phi) is 4.12. The van der Waals surface area contributed by atoms with Crippen molar-refractivity contribution < 1.29 is 9.59 Å². The zero-order valence-corrected chi connectivity index (χ0v) is 15.7. The first-order valence-electron chi connectivity index (χ1n) is 9.94. The smallest absolute Gasteiger partial charge is 0.256 e. The van der Waals surface area contributed by atoms with Crippen LogP contribution in [-0.2, 0) is 11.2 Å². The first kappa shape index (κ1) is 17.0. The number of rotatable bonds is 3. The van der Waals surface area contributed by atoms with Crippen LogP contribution in [0.4, 0.5) is 11.4 Å². The van der Waals surface area contributed by atoms with Crippen molar-refractivity contribution in [2.75, 3.05) is 16.8 Å². The molecule has 5 rings (SSSR count). The molecule has 1 aliphatic carbocycles. The van der Waals surface area contributed by atoms with Crippen LogP contribution in [0.1, 0.15) is 35.2 Å². The maximum absolute atomic E-state index is 12.9. The maximum Gasteiger partial charge on any atom is 0.256 e. The SMILES string of the molecule is O=C(Nc1ccc2c(c1)CCCN2C(=O)C1CC1)c1cccc2ccccc12. The van der Waals surface area contributed by atoms with Crippen molar-refractivity contribution in [2.45, 2.75) is 25.7 Å². The van der Waals surface area contributed by atoms with E-state index >= 15 is 0 Å². The Labute approximate surface area is 164 Å². The van der Waals surface area contributed by atoms with Crippen LogP contribution in [0.3, 0.4) is 0 Å². The summed E-state index contributed by atoms with van der Waals surface area (Å²) >= 11 is 0. The van der Waals surface area contributed by atoms with Crippen LogP contribution in [0.5, 0.6) is 0 Å². The minimum Gasteiger partial charge on any atom is -0.322 e. The zero-order chi connectivity index (χ0) is 19.1. The lowest BCUT2D eigenvalue weighted by atomic mass is 10.00. The number of carbonyl (C=O) groups excluding carboxylic acids is 2. The number of carbonyl (C=O) groups is 2. The number of amides is 2. The van der Waals surface area contributed by atoms with Crippen LogP contribution in [0.15, 0.2) is 60.7 Å². The van der Waals surface area contributed by atoms with Gasteiger partial charge >= 0.3 is 0 Å². The first-order chi connectivity index (χ1) is 13.7. The van der Waals surface area contributed by atoms with Crippen molar-refractivity contribution in [1.29, 1.82) is 0 Å². The summed E-state index contributed by atoms with van der Waals surface area (Å²) in [5, 5.41) is 5.03. The van der Waals surface area contributed by atoms with Crippen molar-refractivity contribution in [2.24, 2.45) is 5.92 Å². The Morgan fingerprint density at radius 2 is 1.79 bits per heavy atom. The van der Waals surface area contributed by atoms with Gasteiger partial charge in [0.05, 0.1) is 0 Å². The fraction of sp³-hybridized carbons (Fsp3) is 0.250. The minimum atomic E-state index is -0.113. The molecule has 140 valence electrons. The first-order valence-corrected chi connectivity index (χ1v) is 9.94. The van der Waals surface area contributed by atoms with Crippen LogP contribution in [-0.4, -0.2) is 18.4 Å². The van der Waals surface area contributed by atoms with Gasteiger partial charge in [-0.2, -0.15) is 0 Å². The number of fused-ring (bicyclic) bond motifs is 2. The maximum atomic E-state index is 12.9. The number of aryl methyl sites for hydroxylation is 1. The molecule has 1 saturated carbocycles. The highest BCUT2D eigenvalue weighted by molar-refractivity contribution is 6.13. The van der Waals surface area contributed by atoms with E-state index in [0.29, 0.717) is 5.56 Å². The molecule has 0 bridgehead atoms. The summed E-state index contributed by atoms with van der Waals surface area (Å²) in [4.78, 5) is 27.4. The van der Waals surface area contributed by atoms with Gasteiger partial charge in [0.15, 0.2) is 0 Å². The molecule has 0 aromatic heterocycles. The Morgan fingerprint density at radius 1 is 0.964 bits per heavy atom. The molecule has 3 aromatic carbocycles. The van der Waals surface area contributed by atoms with Gasteiger partial charge in [0.25, 0.3) is 5.91 Å². The fourth-order valence-corrected chi connectivity index (χ4v) is 4.08. The summed E-state index contributed by atoms with van der Waals surface area (Å²) in [5.74, 6) is 0.364. The highest BCUT2D eigenvalue weighted by atomic mass is 16.2. The number of nitrogens with one attached hydrogen (secondary N) is 1. The summed E-state index contributed by atoms with van der Waals surface area (Å²) in [6, 6.07) is 19.6. The monoisotopic (exact) mass is 370 g/mol. The van der Waals surface area contributed by atoms with E-state index < -0.39 is 0 Å². The molecule has 0 saturated heterocycles. The molecule has 1 heterocycles. The highest BCUT2D eigenvalue weighted by Gasteiger charge is 2.35. The number of hydrogen-bond acceptors (Lipinski definition) is 2. The molecule has 3 aromatic rings. The minimum absolute atomic E-state index is 0.113. The van der Waals surface area contributed by atoms with Gasteiger partial charge in [0.1, 0.15) is 0 Å². The van der Waals surface area contributed by atoms with Gasteiger partial charge < -0.3 is 10.2 Å². The molecule has 1 aliphatic heterocycles. The van der Waals surface area contributed by atoms with Crippen molar-refractivity contribution in [3.63, 3.8) is 0 Å². The lowest BCUT2D eigenvalue weighted by Gasteiger charge is -2.30. The second-order valence-corrected chi connectivity index (χ2v) is 7.69. The topological polar surface area (TPSA) is 49.4 Å². The van der Waals surface area contributed by atoms with Gasteiger partial charge in [-0.05, 0) is 66.3 Å². The second-order valence-electron chi connectivity index (χ2n) is 7.69. The molecular formula is C24H22N2O2. The average molecular weight is 370 g/mol. The van der Waals surface area contributed by atoms with Gasteiger partial charge in [-0.1, -0.05) is 36.4 Å². The predicted octanol–water partition coefficient (Wildman–Crippen LogP) is 4.78. The summed E-state index contributed by atoms with van der Waals surface area (Å²) in [7, 11) is 0. The number of anilines is 2. The molecular weight excluding hydrogens is 348 g/mol. The van der Waals surface area contributed by atoms with Gasteiger partial charge in [-0.15, -0.1) is 0 Å². The van der Waals surface area contributed by atoms with Gasteiger partial charge in [-0.25, -0.2) is 0 Å².